The van der Waals surface area contributed by atoms with E-state index in [1.165, 1.54) is 30.6 Å². The SMILES string of the molecule is Cc1csc(CC(=O)NN=C2CCCC[C@H]2C)n1. The van der Waals surface area contributed by atoms with Gasteiger partial charge in [0, 0.05) is 16.8 Å². The quantitative estimate of drug-likeness (QED) is 0.854. The van der Waals surface area contributed by atoms with Gasteiger partial charge in [-0.1, -0.05) is 13.3 Å². The van der Waals surface area contributed by atoms with Crippen LogP contribution in [0.4, 0.5) is 0 Å². The van der Waals surface area contributed by atoms with Gasteiger partial charge in [0.15, 0.2) is 0 Å². The Morgan fingerprint density at radius 2 is 2.44 bits per heavy atom. The summed E-state index contributed by atoms with van der Waals surface area (Å²) in [5.74, 6) is 0.427. The second-order valence-corrected chi connectivity index (χ2v) is 5.79. The van der Waals surface area contributed by atoms with Crippen LogP contribution < -0.4 is 5.43 Å². The summed E-state index contributed by atoms with van der Waals surface area (Å²) < 4.78 is 0. The summed E-state index contributed by atoms with van der Waals surface area (Å²) in [5, 5.41) is 7.07. The number of hydrogen-bond donors (Lipinski definition) is 1. The molecule has 1 saturated carbocycles. The molecule has 1 heterocycles. The first kappa shape index (κ1) is 13.2. The van der Waals surface area contributed by atoms with Crippen LogP contribution in [-0.2, 0) is 11.2 Å². The molecule has 18 heavy (non-hydrogen) atoms. The Kier molecular flexibility index (Phi) is 4.47. The summed E-state index contributed by atoms with van der Waals surface area (Å²) in [6.07, 6.45) is 4.97. The van der Waals surface area contributed by atoms with E-state index in [0.29, 0.717) is 12.3 Å². The Hall–Kier alpha value is -1.23. The first-order valence-corrected chi connectivity index (χ1v) is 7.29. The molecule has 1 fully saturated rings. The average Bonchev–Trinajstić information content (AvgIpc) is 2.74. The maximum atomic E-state index is 11.7. The van der Waals surface area contributed by atoms with Crippen LogP contribution in [0.25, 0.3) is 0 Å². The zero-order valence-corrected chi connectivity index (χ0v) is 11.7. The van der Waals surface area contributed by atoms with Gasteiger partial charge in [-0.15, -0.1) is 11.3 Å². The van der Waals surface area contributed by atoms with Crippen molar-refractivity contribution in [2.24, 2.45) is 11.0 Å². The van der Waals surface area contributed by atoms with Gasteiger partial charge in [0.05, 0.1) is 6.42 Å². The third-order valence-corrected chi connectivity index (χ3v) is 4.16. The monoisotopic (exact) mass is 265 g/mol. The van der Waals surface area contributed by atoms with E-state index < -0.39 is 0 Å². The summed E-state index contributed by atoms with van der Waals surface area (Å²) in [6.45, 7) is 4.11. The molecular formula is C13H19N3OS. The van der Waals surface area contributed by atoms with Crippen LogP contribution in [0.1, 0.15) is 43.3 Å². The van der Waals surface area contributed by atoms with Gasteiger partial charge in [-0.3, -0.25) is 4.79 Å². The number of carbonyl (C=O) groups excluding carboxylic acids is 1. The van der Waals surface area contributed by atoms with E-state index in [-0.39, 0.29) is 5.91 Å². The Bertz CT molecular complexity index is 453. The molecule has 1 aromatic heterocycles. The van der Waals surface area contributed by atoms with E-state index in [9.17, 15) is 4.79 Å². The largest absolute Gasteiger partial charge is 0.273 e. The number of amides is 1. The first-order chi connectivity index (χ1) is 8.65. The molecule has 98 valence electrons. The fraction of sp³-hybridized carbons (Fsp3) is 0.615. The fourth-order valence-electron chi connectivity index (χ4n) is 2.13. The predicted octanol–water partition coefficient (Wildman–Crippen LogP) is 2.68. The van der Waals surface area contributed by atoms with Crippen molar-refractivity contribution in [3.63, 3.8) is 0 Å². The Balaban J connectivity index is 1.85. The number of carbonyl (C=O) groups is 1. The molecule has 1 N–H and O–H groups in total. The fourth-order valence-corrected chi connectivity index (χ4v) is 2.90. The van der Waals surface area contributed by atoms with Crippen LogP contribution in [0.15, 0.2) is 10.5 Å². The summed E-state index contributed by atoms with van der Waals surface area (Å²) in [5.41, 5.74) is 4.75. The number of hydrazone groups is 1. The molecule has 2 rings (SSSR count). The molecule has 0 bridgehead atoms. The molecule has 1 atom stereocenters. The molecule has 0 aliphatic heterocycles. The summed E-state index contributed by atoms with van der Waals surface area (Å²) in [7, 11) is 0. The highest BCUT2D eigenvalue weighted by molar-refractivity contribution is 7.09. The smallest absolute Gasteiger partial charge is 0.246 e. The lowest BCUT2D eigenvalue weighted by molar-refractivity contribution is -0.120. The van der Waals surface area contributed by atoms with E-state index in [1.807, 2.05) is 12.3 Å². The second-order valence-electron chi connectivity index (χ2n) is 4.84. The maximum absolute atomic E-state index is 11.7. The molecule has 1 aromatic rings. The highest BCUT2D eigenvalue weighted by Crippen LogP contribution is 2.20. The molecule has 4 nitrogen and oxygen atoms in total. The van der Waals surface area contributed by atoms with Crippen LogP contribution in [0.5, 0.6) is 0 Å². The Morgan fingerprint density at radius 1 is 1.61 bits per heavy atom. The Morgan fingerprint density at radius 3 is 3.11 bits per heavy atom. The molecule has 0 radical (unpaired) electrons. The van der Waals surface area contributed by atoms with Gasteiger partial charge in [-0.05, 0) is 32.1 Å². The van der Waals surface area contributed by atoms with E-state index in [2.05, 4.69) is 22.4 Å². The minimum Gasteiger partial charge on any atom is -0.273 e. The van der Waals surface area contributed by atoms with Crippen LogP contribution in [0.2, 0.25) is 0 Å². The van der Waals surface area contributed by atoms with Gasteiger partial charge in [-0.2, -0.15) is 5.10 Å². The summed E-state index contributed by atoms with van der Waals surface area (Å²) in [6, 6.07) is 0. The van der Waals surface area contributed by atoms with Crippen LogP contribution >= 0.6 is 11.3 Å². The number of nitrogens with zero attached hydrogens (tertiary/aromatic N) is 2. The van der Waals surface area contributed by atoms with E-state index in [0.717, 1.165) is 22.8 Å². The van der Waals surface area contributed by atoms with Gasteiger partial charge >= 0.3 is 0 Å². The highest BCUT2D eigenvalue weighted by atomic mass is 32.1. The van der Waals surface area contributed by atoms with Gasteiger partial charge in [-0.25, -0.2) is 10.4 Å². The molecule has 1 aliphatic rings. The van der Waals surface area contributed by atoms with Gasteiger partial charge < -0.3 is 0 Å². The number of hydrogen-bond acceptors (Lipinski definition) is 4. The molecule has 0 spiro atoms. The van der Waals surface area contributed by atoms with Crippen molar-refractivity contribution in [2.75, 3.05) is 0 Å². The molecule has 1 amide bonds. The molecule has 1 aliphatic carbocycles. The van der Waals surface area contributed by atoms with Crippen molar-refractivity contribution in [3.8, 4) is 0 Å². The summed E-state index contributed by atoms with van der Waals surface area (Å²) in [4.78, 5) is 16.0. The van der Waals surface area contributed by atoms with Crippen molar-refractivity contribution >= 4 is 23.0 Å². The first-order valence-electron chi connectivity index (χ1n) is 6.41. The van der Waals surface area contributed by atoms with Crippen molar-refractivity contribution in [2.45, 2.75) is 46.0 Å². The van der Waals surface area contributed by atoms with Gasteiger partial charge in [0.25, 0.3) is 0 Å². The lowest BCUT2D eigenvalue weighted by Gasteiger charge is -2.19. The summed E-state index contributed by atoms with van der Waals surface area (Å²) >= 11 is 1.52. The minimum atomic E-state index is -0.0744. The molecule has 0 aromatic carbocycles. The topological polar surface area (TPSA) is 54.4 Å². The number of aryl methyl sites for hydroxylation is 1. The predicted molar refractivity (Wildman–Crippen MR) is 73.8 cm³/mol. The van der Waals surface area contributed by atoms with Crippen LogP contribution in [0, 0.1) is 12.8 Å². The van der Waals surface area contributed by atoms with Gasteiger partial charge in [0.2, 0.25) is 5.91 Å². The molecule has 0 saturated heterocycles. The average molecular weight is 265 g/mol. The third kappa shape index (κ3) is 3.63. The second kappa shape index (κ2) is 6.09. The van der Waals surface area contributed by atoms with Gasteiger partial charge in [0.1, 0.15) is 5.01 Å². The highest BCUT2D eigenvalue weighted by Gasteiger charge is 2.16. The third-order valence-electron chi connectivity index (χ3n) is 3.19. The molecular weight excluding hydrogens is 246 g/mol. The lowest BCUT2D eigenvalue weighted by atomic mass is 9.89. The van der Waals surface area contributed by atoms with Crippen LogP contribution in [-0.4, -0.2) is 16.6 Å². The van der Waals surface area contributed by atoms with Crippen LogP contribution in [0.3, 0.4) is 0 Å². The number of thiazole rings is 1. The zero-order valence-electron chi connectivity index (χ0n) is 10.9. The molecule has 0 unspecified atom stereocenters. The minimum absolute atomic E-state index is 0.0744. The van der Waals surface area contributed by atoms with E-state index in [4.69, 9.17) is 0 Å². The van der Waals surface area contributed by atoms with Crippen molar-refractivity contribution in [1.82, 2.24) is 10.4 Å². The van der Waals surface area contributed by atoms with E-state index >= 15 is 0 Å². The Labute approximate surface area is 112 Å². The standard InChI is InChI=1S/C13H19N3OS/c1-9-5-3-4-6-11(9)15-16-12(17)7-13-14-10(2)8-18-13/h8-9H,3-7H2,1-2H3,(H,16,17)/t9-/m1/s1. The zero-order chi connectivity index (χ0) is 13.0. The lowest BCUT2D eigenvalue weighted by Crippen LogP contribution is -2.25. The number of aromatic nitrogens is 1. The van der Waals surface area contributed by atoms with Crippen molar-refractivity contribution < 1.29 is 4.79 Å². The number of rotatable bonds is 3. The van der Waals surface area contributed by atoms with Crippen molar-refractivity contribution in [3.05, 3.63) is 16.1 Å². The van der Waals surface area contributed by atoms with Crippen molar-refractivity contribution in [1.29, 1.82) is 0 Å². The maximum Gasteiger partial charge on any atom is 0.246 e. The number of nitrogens with one attached hydrogen (secondary N) is 1. The van der Waals surface area contributed by atoms with E-state index in [1.54, 1.807) is 0 Å². The molecule has 5 heteroatoms. The normalized spacial score (nSPS) is 22.1.